The van der Waals surface area contributed by atoms with Gasteiger partial charge in [-0.15, -0.1) is 0 Å². The molecule has 0 aromatic heterocycles. The Morgan fingerprint density at radius 3 is 2.47 bits per heavy atom. The van der Waals surface area contributed by atoms with Crippen LogP contribution in [0.3, 0.4) is 0 Å². The monoisotopic (exact) mass is 434 g/mol. The third-order valence-corrected chi connectivity index (χ3v) is 6.43. The summed E-state index contributed by atoms with van der Waals surface area (Å²) in [6.07, 6.45) is 6.93. The first kappa shape index (κ1) is 22.2. The zero-order chi connectivity index (χ0) is 21.4. The number of carbonyl (C=O) groups excluding carboxylic acids is 1. The van der Waals surface area contributed by atoms with Crippen molar-refractivity contribution in [2.75, 3.05) is 17.9 Å². The number of ether oxygens (including phenoxy) is 1. The maximum Gasteiger partial charge on any atom is 0.261 e. The van der Waals surface area contributed by atoms with Crippen molar-refractivity contribution in [2.45, 2.75) is 49.5 Å². The van der Waals surface area contributed by atoms with E-state index in [1.165, 1.54) is 37.5 Å². The van der Waals surface area contributed by atoms with Crippen molar-refractivity contribution in [1.82, 2.24) is 5.32 Å². The van der Waals surface area contributed by atoms with Gasteiger partial charge in [0, 0.05) is 13.2 Å². The Morgan fingerprint density at radius 2 is 1.73 bits per heavy atom. The van der Waals surface area contributed by atoms with Crippen LogP contribution in [0.1, 0.15) is 48.9 Å². The van der Waals surface area contributed by atoms with E-state index >= 15 is 0 Å². The second-order valence-electron chi connectivity index (χ2n) is 7.35. The molecule has 0 bridgehead atoms. The van der Waals surface area contributed by atoms with E-state index in [1.807, 2.05) is 0 Å². The quantitative estimate of drug-likeness (QED) is 0.582. The van der Waals surface area contributed by atoms with Crippen LogP contribution in [0.4, 0.5) is 10.1 Å². The fourth-order valence-electron chi connectivity index (χ4n) is 3.44. The maximum absolute atomic E-state index is 13.1. The Morgan fingerprint density at radius 1 is 1.03 bits per heavy atom. The normalized spacial score (nSPS) is 15.0. The average Bonchev–Trinajstić information content (AvgIpc) is 2.74. The van der Waals surface area contributed by atoms with Crippen molar-refractivity contribution in [3.05, 3.63) is 59.9 Å². The molecule has 1 fully saturated rings. The zero-order valence-electron chi connectivity index (χ0n) is 16.8. The van der Waals surface area contributed by atoms with E-state index in [9.17, 15) is 17.6 Å². The molecule has 162 valence electrons. The topological polar surface area (TPSA) is 84.5 Å². The average molecular weight is 435 g/mol. The van der Waals surface area contributed by atoms with Gasteiger partial charge in [0.2, 0.25) is 0 Å². The number of sulfonamides is 1. The van der Waals surface area contributed by atoms with Gasteiger partial charge in [-0.25, -0.2) is 12.8 Å². The fourth-order valence-corrected chi connectivity index (χ4v) is 4.52. The first-order valence-corrected chi connectivity index (χ1v) is 11.7. The second-order valence-corrected chi connectivity index (χ2v) is 9.03. The third kappa shape index (κ3) is 6.27. The lowest BCUT2D eigenvalue weighted by Crippen LogP contribution is -2.27. The van der Waals surface area contributed by atoms with Crippen molar-refractivity contribution in [2.24, 2.45) is 0 Å². The van der Waals surface area contributed by atoms with Gasteiger partial charge < -0.3 is 10.1 Å². The van der Waals surface area contributed by atoms with E-state index in [0.717, 1.165) is 25.0 Å². The largest absolute Gasteiger partial charge is 0.378 e. The molecule has 30 heavy (non-hydrogen) atoms. The van der Waals surface area contributed by atoms with Crippen molar-refractivity contribution in [1.29, 1.82) is 0 Å². The number of rotatable bonds is 9. The molecule has 0 aliphatic heterocycles. The van der Waals surface area contributed by atoms with Gasteiger partial charge in [0.25, 0.3) is 15.9 Å². The van der Waals surface area contributed by atoms with Crippen molar-refractivity contribution in [3.8, 4) is 0 Å². The molecule has 0 atom stereocenters. The summed E-state index contributed by atoms with van der Waals surface area (Å²) in [5.74, 6) is -0.897. The van der Waals surface area contributed by atoms with Crippen LogP contribution in [0.2, 0.25) is 0 Å². The van der Waals surface area contributed by atoms with Crippen molar-refractivity contribution < 1.29 is 22.3 Å². The molecule has 0 saturated heterocycles. The number of para-hydroxylation sites is 1. The molecule has 1 amide bonds. The summed E-state index contributed by atoms with van der Waals surface area (Å²) in [7, 11) is -3.94. The number of benzene rings is 2. The van der Waals surface area contributed by atoms with Gasteiger partial charge in [-0.05, 0) is 55.7 Å². The summed E-state index contributed by atoms with van der Waals surface area (Å²) in [5, 5.41) is 2.81. The lowest BCUT2D eigenvalue weighted by Gasteiger charge is -2.22. The predicted octanol–water partition coefficient (Wildman–Crippen LogP) is 4.10. The fraction of sp³-hybridized carbons (Fsp3) is 0.409. The SMILES string of the molecule is O=C(NCCCOC1CCCCC1)c1ccccc1NS(=O)(=O)c1ccc(F)cc1. The lowest BCUT2D eigenvalue weighted by atomic mass is 9.98. The summed E-state index contributed by atoms with van der Waals surface area (Å²) < 4.78 is 46.4. The van der Waals surface area contributed by atoms with Gasteiger partial charge in [0.05, 0.1) is 22.3 Å². The van der Waals surface area contributed by atoms with Gasteiger partial charge in [-0.1, -0.05) is 31.4 Å². The summed E-state index contributed by atoms with van der Waals surface area (Å²) in [6, 6.07) is 10.9. The summed E-state index contributed by atoms with van der Waals surface area (Å²) in [5.41, 5.74) is 0.383. The Bertz CT molecular complexity index is 942. The molecule has 0 radical (unpaired) electrons. The molecule has 6 nitrogen and oxygen atoms in total. The molecular formula is C22H27FN2O4S. The minimum absolute atomic E-state index is 0.0843. The van der Waals surface area contributed by atoms with Crippen LogP contribution in [0.25, 0.3) is 0 Å². The Balaban J connectivity index is 1.54. The number of halogens is 1. The highest BCUT2D eigenvalue weighted by Gasteiger charge is 2.19. The van der Waals surface area contributed by atoms with E-state index in [0.29, 0.717) is 25.7 Å². The van der Waals surface area contributed by atoms with Gasteiger partial charge in [-0.3, -0.25) is 9.52 Å². The van der Waals surface area contributed by atoms with Crippen LogP contribution in [-0.4, -0.2) is 33.6 Å². The van der Waals surface area contributed by atoms with Crippen LogP contribution in [0, 0.1) is 5.82 Å². The predicted molar refractivity (Wildman–Crippen MR) is 113 cm³/mol. The van der Waals surface area contributed by atoms with Crippen LogP contribution in [0.15, 0.2) is 53.4 Å². The Hall–Kier alpha value is -2.45. The summed E-state index contributed by atoms with van der Waals surface area (Å²) in [6.45, 7) is 1.02. The van der Waals surface area contributed by atoms with Crippen molar-refractivity contribution in [3.63, 3.8) is 0 Å². The standard InChI is InChI=1S/C22H27FN2O4S/c23-17-11-13-19(14-12-17)30(27,28)25-21-10-5-4-9-20(21)22(26)24-15-6-16-29-18-7-2-1-3-8-18/h4-5,9-14,18,25H,1-3,6-8,15-16H2,(H,24,26). The molecule has 2 aromatic carbocycles. The number of nitrogens with one attached hydrogen (secondary N) is 2. The molecule has 2 aromatic rings. The smallest absolute Gasteiger partial charge is 0.261 e. The van der Waals surface area contributed by atoms with E-state index < -0.39 is 15.8 Å². The van der Waals surface area contributed by atoms with Gasteiger partial charge in [0.15, 0.2) is 0 Å². The first-order chi connectivity index (χ1) is 14.5. The molecule has 2 N–H and O–H groups in total. The Labute approximate surface area is 176 Å². The van der Waals surface area contributed by atoms with Crippen LogP contribution < -0.4 is 10.0 Å². The van der Waals surface area contributed by atoms with Crippen LogP contribution in [0.5, 0.6) is 0 Å². The van der Waals surface area contributed by atoms with Crippen molar-refractivity contribution >= 4 is 21.6 Å². The molecule has 3 rings (SSSR count). The minimum Gasteiger partial charge on any atom is -0.378 e. The second kappa shape index (κ2) is 10.5. The van der Waals surface area contributed by atoms with Crippen LogP contribution in [-0.2, 0) is 14.8 Å². The third-order valence-electron chi connectivity index (χ3n) is 5.05. The summed E-state index contributed by atoms with van der Waals surface area (Å²) >= 11 is 0. The van der Waals surface area contributed by atoms with E-state index in [4.69, 9.17) is 4.74 Å². The zero-order valence-corrected chi connectivity index (χ0v) is 17.6. The number of hydrogen-bond donors (Lipinski definition) is 2. The number of anilines is 1. The highest BCUT2D eigenvalue weighted by atomic mass is 32.2. The molecule has 0 heterocycles. The van der Waals surface area contributed by atoms with Gasteiger partial charge in [0.1, 0.15) is 5.82 Å². The molecule has 8 heteroatoms. The maximum atomic E-state index is 13.1. The highest BCUT2D eigenvalue weighted by Crippen LogP contribution is 2.21. The summed E-state index contributed by atoms with van der Waals surface area (Å²) in [4.78, 5) is 12.5. The number of hydrogen-bond acceptors (Lipinski definition) is 4. The molecule has 0 spiro atoms. The lowest BCUT2D eigenvalue weighted by molar-refractivity contribution is 0.0273. The van der Waals surface area contributed by atoms with E-state index in [1.54, 1.807) is 18.2 Å². The molecule has 1 saturated carbocycles. The van der Waals surface area contributed by atoms with Crippen LogP contribution >= 0.6 is 0 Å². The highest BCUT2D eigenvalue weighted by molar-refractivity contribution is 7.92. The minimum atomic E-state index is -3.94. The Kier molecular flexibility index (Phi) is 7.81. The molecule has 1 aliphatic carbocycles. The number of amides is 1. The van der Waals surface area contributed by atoms with E-state index in [-0.39, 0.29) is 22.1 Å². The first-order valence-electron chi connectivity index (χ1n) is 10.2. The van der Waals surface area contributed by atoms with E-state index in [2.05, 4.69) is 10.0 Å². The number of carbonyl (C=O) groups is 1. The molecule has 0 unspecified atom stereocenters. The van der Waals surface area contributed by atoms with Gasteiger partial charge in [-0.2, -0.15) is 0 Å². The molecule has 1 aliphatic rings. The molecular weight excluding hydrogens is 407 g/mol. The van der Waals surface area contributed by atoms with Gasteiger partial charge >= 0.3 is 0 Å².